The lowest BCUT2D eigenvalue weighted by molar-refractivity contribution is -0.116. The number of hydrogen-bond donors (Lipinski definition) is 1. The summed E-state index contributed by atoms with van der Waals surface area (Å²) < 4.78 is 6.12. The van der Waals surface area contributed by atoms with Gasteiger partial charge in [-0.3, -0.25) is 9.88 Å². The normalized spacial score (nSPS) is 27.9. The summed E-state index contributed by atoms with van der Waals surface area (Å²) in [6, 6.07) is 0. The van der Waals surface area contributed by atoms with E-state index in [-0.39, 0.29) is 12.2 Å². The second kappa shape index (κ2) is 6.03. The summed E-state index contributed by atoms with van der Waals surface area (Å²) in [6.45, 7) is 5.35. The first-order chi connectivity index (χ1) is 9.81. The molecular weight excluding hydrogens is 256 g/mol. The van der Waals surface area contributed by atoms with E-state index in [0.29, 0.717) is 0 Å². The fourth-order valence-electron chi connectivity index (χ4n) is 3.25. The van der Waals surface area contributed by atoms with Gasteiger partial charge in [0.05, 0.1) is 25.0 Å². The lowest BCUT2D eigenvalue weighted by Gasteiger charge is -2.48. The number of aliphatic hydroxyl groups is 1. The van der Waals surface area contributed by atoms with Gasteiger partial charge in [0, 0.05) is 45.1 Å². The van der Waals surface area contributed by atoms with E-state index in [2.05, 4.69) is 19.8 Å². The summed E-state index contributed by atoms with van der Waals surface area (Å²) in [5.74, 6) is 0.925. The van der Waals surface area contributed by atoms with Gasteiger partial charge >= 0.3 is 0 Å². The molecule has 6 nitrogen and oxygen atoms in total. The van der Waals surface area contributed by atoms with Crippen LogP contribution in [0.3, 0.4) is 0 Å². The molecule has 0 aliphatic carbocycles. The molecule has 1 aromatic rings. The molecule has 0 saturated carbocycles. The van der Waals surface area contributed by atoms with Crippen molar-refractivity contribution in [2.45, 2.75) is 18.4 Å². The number of ether oxygens (including phenoxy) is 1. The Balaban J connectivity index is 1.70. The molecule has 0 radical (unpaired) electrons. The van der Waals surface area contributed by atoms with Crippen LogP contribution in [0.4, 0.5) is 5.82 Å². The van der Waals surface area contributed by atoms with Gasteiger partial charge in [-0.1, -0.05) is 0 Å². The third-order valence-electron chi connectivity index (χ3n) is 4.16. The van der Waals surface area contributed by atoms with Crippen LogP contribution in [-0.2, 0) is 4.74 Å². The van der Waals surface area contributed by atoms with Crippen molar-refractivity contribution in [3.63, 3.8) is 0 Å². The van der Waals surface area contributed by atoms with Gasteiger partial charge in [-0.25, -0.2) is 4.98 Å². The van der Waals surface area contributed by atoms with E-state index in [9.17, 15) is 0 Å². The lowest BCUT2D eigenvalue weighted by atomic mass is 9.90. The SMILES string of the molecule is OCCN1CCOC2(CCCN(c3cnccn3)C2)C1. The minimum absolute atomic E-state index is 0.122. The predicted molar refractivity (Wildman–Crippen MR) is 75.7 cm³/mol. The molecule has 2 saturated heterocycles. The zero-order valence-electron chi connectivity index (χ0n) is 11.7. The average molecular weight is 278 g/mol. The van der Waals surface area contributed by atoms with Crippen LogP contribution in [0.25, 0.3) is 0 Å². The first-order valence-corrected chi connectivity index (χ1v) is 7.29. The van der Waals surface area contributed by atoms with Crippen molar-refractivity contribution in [2.24, 2.45) is 0 Å². The Morgan fingerprint density at radius 2 is 2.25 bits per heavy atom. The Morgan fingerprint density at radius 3 is 3.05 bits per heavy atom. The molecule has 3 heterocycles. The summed E-state index contributed by atoms with van der Waals surface area (Å²) in [4.78, 5) is 13.1. The van der Waals surface area contributed by atoms with Crippen LogP contribution in [0.2, 0.25) is 0 Å². The molecule has 1 spiro atoms. The van der Waals surface area contributed by atoms with Gasteiger partial charge in [0.1, 0.15) is 5.82 Å². The van der Waals surface area contributed by atoms with Crippen LogP contribution in [0, 0.1) is 0 Å². The third-order valence-corrected chi connectivity index (χ3v) is 4.16. The van der Waals surface area contributed by atoms with Crippen molar-refractivity contribution >= 4 is 5.82 Å². The highest BCUT2D eigenvalue weighted by molar-refractivity contribution is 5.36. The van der Waals surface area contributed by atoms with Crippen molar-refractivity contribution in [2.75, 3.05) is 50.8 Å². The molecule has 2 fully saturated rings. The summed E-state index contributed by atoms with van der Waals surface area (Å²) in [7, 11) is 0. The van der Waals surface area contributed by atoms with Crippen molar-refractivity contribution in [1.29, 1.82) is 0 Å². The van der Waals surface area contributed by atoms with Crippen LogP contribution in [-0.4, -0.2) is 71.5 Å². The molecular formula is C14H22N4O2. The summed E-state index contributed by atoms with van der Waals surface area (Å²) >= 11 is 0. The maximum Gasteiger partial charge on any atom is 0.147 e. The van der Waals surface area contributed by atoms with E-state index in [1.54, 1.807) is 12.4 Å². The Hall–Kier alpha value is -1.24. The predicted octanol–water partition coefficient (Wildman–Crippen LogP) is 0.140. The van der Waals surface area contributed by atoms with Gasteiger partial charge in [-0.05, 0) is 12.8 Å². The van der Waals surface area contributed by atoms with Crippen LogP contribution in [0.15, 0.2) is 18.6 Å². The van der Waals surface area contributed by atoms with Crippen LogP contribution >= 0.6 is 0 Å². The van der Waals surface area contributed by atoms with Gasteiger partial charge in [0.2, 0.25) is 0 Å². The van der Waals surface area contributed by atoms with Gasteiger partial charge in [0.25, 0.3) is 0 Å². The molecule has 3 rings (SSSR count). The van der Waals surface area contributed by atoms with Crippen LogP contribution in [0.1, 0.15) is 12.8 Å². The number of anilines is 1. The maximum atomic E-state index is 9.12. The first kappa shape index (κ1) is 13.7. The molecule has 2 aliphatic rings. The number of nitrogens with zero attached hydrogens (tertiary/aromatic N) is 4. The smallest absolute Gasteiger partial charge is 0.147 e. The largest absolute Gasteiger partial charge is 0.395 e. The number of morpholine rings is 1. The zero-order valence-corrected chi connectivity index (χ0v) is 11.7. The van der Waals surface area contributed by atoms with E-state index in [4.69, 9.17) is 9.84 Å². The molecule has 110 valence electrons. The Bertz CT molecular complexity index is 424. The van der Waals surface area contributed by atoms with E-state index >= 15 is 0 Å². The minimum atomic E-state index is -0.122. The highest BCUT2D eigenvalue weighted by atomic mass is 16.5. The molecule has 1 unspecified atom stereocenters. The molecule has 0 amide bonds. The Morgan fingerprint density at radius 1 is 1.30 bits per heavy atom. The molecule has 1 N–H and O–H groups in total. The highest BCUT2D eigenvalue weighted by Gasteiger charge is 2.40. The summed E-state index contributed by atoms with van der Waals surface area (Å²) in [6.07, 6.45) is 7.42. The van der Waals surface area contributed by atoms with Gasteiger partial charge in [0.15, 0.2) is 0 Å². The van der Waals surface area contributed by atoms with E-state index in [1.165, 1.54) is 0 Å². The quantitative estimate of drug-likeness (QED) is 0.848. The van der Waals surface area contributed by atoms with Crippen molar-refractivity contribution in [1.82, 2.24) is 14.9 Å². The monoisotopic (exact) mass is 278 g/mol. The molecule has 1 aromatic heterocycles. The number of piperidine rings is 1. The second-order valence-electron chi connectivity index (χ2n) is 5.62. The fraction of sp³-hybridized carbons (Fsp3) is 0.714. The minimum Gasteiger partial charge on any atom is -0.395 e. The average Bonchev–Trinajstić information content (AvgIpc) is 2.49. The third kappa shape index (κ3) is 2.92. The molecule has 0 bridgehead atoms. The van der Waals surface area contributed by atoms with E-state index < -0.39 is 0 Å². The number of aromatic nitrogens is 2. The molecule has 2 aliphatic heterocycles. The second-order valence-corrected chi connectivity index (χ2v) is 5.62. The van der Waals surface area contributed by atoms with Crippen molar-refractivity contribution in [3.05, 3.63) is 18.6 Å². The van der Waals surface area contributed by atoms with Crippen molar-refractivity contribution in [3.8, 4) is 0 Å². The Labute approximate surface area is 119 Å². The number of β-amino-alcohol motifs (C(OH)–C–C–N with tert-alkyl or cyclic N) is 1. The lowest BCUT2D eigenvalue weighted by Crippen LogP contribution is -2.60. The van der Waals surface area contributed by atoms with E-state index in [0.717, 1.165) is 58.0 Å². The standard InChI is InChI=1S/C14H22N4O2/c19-8-6-17-7-9-20-14(11-17)2-1-5-18(12-14)13-10-15-3-4-16-13/h3-4,10,19H,1-2,5-9,11-12H2. The summed E-state index contributed by atoms with van der Waals surface area (Å²) in [5, 5.41) is 9.12. The van der Waals surface area contributed by atoms with Gasteiger partial charge in [-0.15, -0.1) is 0 Å². The van der Waals surface area contributed by atoms with Crippen molar-refractivity contribution < 1.29 is 9.84 Å². The Kier molecular flexibility index (Phi) is 4.14. The van der Waals surface area contributed by atoms with Gasteiger partial charge < -0.3 is 14.7 Å². The maximum absolute atomic E-state index is 9.12. The molecule has 0 aromatic carbocycles. The highest BCUT2D eigenvalue weighted by Crippen LogP contribution is 2.30. The van der Waals surface area contributed by atoms with E-state index in [1.807, 2.05) is 6.20 Å². The van der Waals surface area contributed by atoms with Gasteiger partial charge in [-0.2, -0.15) is 0 Å². The number of rotatable bonds is 3. The molecule has 20 heavy (non-hydrogen) atoms. The number of aliphatic hydroxyl groups excluding tert-OH is 1. The van der Waals surface area contributed by atoms with Crippen LogP contribution in [0.5, 0.6) is 0 Å². The zero-order chi connectivity index (χ0) is 13.8. The topological polar surface area (TPSA) is 61.7 Å². The number of hydrogen-bond acceptors (Lipinski definition) is 6. The molecule has 6 heteroatoms. The van der Waals surface area contributed by atoms with Crippen LogP contribution < -0.4 is 4.90 Å². The first-order valence-electron chi connectivity index (χ1n) is 7.29. The molecule has 1 atom stereocenters. The fourth-order valence-corrected chi connectivity index (χ4v) is 3.25. The summed E-state index contributed by atoms with van der Waals surface area (Å²) in [5.41, 5.74) is -0.122.